The number of anilines is 2. The van der Waals surface area contributed by atoms with Gasteiger partial charge in [-0.3, -0.25) is 4.79 Å². The van der Waals surface area contributed by atoms with E-state index < -0.39 is 0 Å². The Hall–Kier alpha value is -3.21. The maximum Gasteiger partial charge on any atom is 0.271 e. The number of carbonyl (C=O) groups excluding carboxylic acids is 1. The molecule has 0 radical (unpaired) electrons. The minimum atomic E-state index is -0.235. The first-order valence-electron chi connectivity index (χ1n) is 8.67. The van der Waals surface area contributed by atoms with Crippen LogP contribution in [0.4, 0.5) is 11.5 Å². The molecule has 0 aliphatic carbocycles. The van der Waals surface area contributed by atoms with Gasteiger partial charge in [-0.25, -0.2) is 9.97 Å². The van der Waals surface area contributed by atoms with Crippen molar-refractivity contribution in [2.24, 2.45) is 0 Å². The number of rotatable bonds is 6. The fraction of sp³-hybridized carbons (Fsp3) is 0.190. The van der Waals surface area contributed by atoms with Crippen molar-refractivity contribution in [3.05, 3.63) is 83.3 Å². The quantitative estimate of drug-likeness (QED) is 0.707. The number of amides is 1. The molecule has 0 unspecified atom stereocenters. The van der Waals surface area contributed by atoms with E-state index in [0.717, 1.165) is 23.2 Å². The van der Waals surface area contributed by atoms with Gasteiger partial charge >= 0.3 is 0 Å². The van der Waals surface area contributed by atoms with Crippen molar-refractivity contribution in [2.75, 3.05) is 5.32 Å². The molecule has 1 heterocycles. The lowest BCUT2D eigenvalue weighted by atomic mass is 10.1. The fourth-order valence-electron chi connectivity index (χ4n) is 2.67. The lowest BCUT2D eigenvalue weighted by molar-refractivity contribution is 0.0945. The third kappa shape index (κ3) is 4.25. The zero-order chi connectivity index (χ0) is 18.4. The highest BCUT2D eigenvalue weighted by molar-refractivity contribution is 5.92. The van der Waals surface area contributed by atoms with Crippen molar-refractivity contribution in [3.8, 4) is 0 Å². The summed E-state index contributed by atoms with van der Waals surface area (Å²) >= 11 is 0. The van der Waals surface area contributed by atoms with E-state index in [0.29, 0.717) is 18.1 Å². The largest absolute Gasteiger partial charge is 0.347 e. The van der Waals surface area contributed by atoms with Crippen molar-refractivity contribution in [3.63, 3.8) is 0 Å². The van der Waals surface area contributed by atoms with Gasteiger partial charge in [0.2, 0.25) is 0 Å². The van der Waals surface area contributed by atoms with E-state index in [-0.39, 0.29) is 5.91 Å². The molecule has 3 aromatic rings. The number of hydrogen-bond donors (Lipinski definition) is 2. The maximum atomic E-state index is 12.3. The summed E-state index contributed by atoms with van der Waals surface area (Å²) in [5, 5.41) is 6.13. The summed E-state index contributed by atoms with van der Waals surface area (Å²) in [5.41, 5.74) is 4.74. The topological polar surface area (TPSA) is 66.9 Å². The van der Waals surface area contributed by atoms with Gasteiger partial charge < -0.3 is 10.6 Å². The van der Waals surface area contributed by atoms with Gasteiger partial charge in [-0.2, -0.15) is 0 Å². The van der Waals surface area contributed by atoms with Gasteiger partial charge in [-0.1, -0.05) is 49.4 Å². The van der Waals surface area contributed by atoms with Crippen LogP contribution in [0.25, 0.3) is 0 Å². The number of aromatic nitrogens is 2. The first-order valence-corrected chi connectivity index (χ1v) is 8.67. The number of aryl methyl sites for hydroxylation is 2. The van der Waals surface area contributed by atoms with E-state index in [9.17, 15) is 4.79 Å². The third-order valence-corrected chi connectivity index (χ3v) is 4.25. The highest BCUT2D eigenvalue weighted by Crippen LogP contribution is 2.19. The van der Waals surface area contributed by atoms with E-state index >= 15 is 0 Å². The molecule has 1 amide bonds. The molecule has 0 fully saturated rings. The molecule has 132 valence electrons. The Kier molecular flexibility index (Phi) is 5.59. The molecule has 26 heavy (non-hydrogen) atoms. The molecule has 0 aliphatic heterocycles. The van der Waals surface area contributed by atoms with Gasteiger partial charge in [-0.05, 0) is 36.1 Å². The van der Waals surface area contributed by atoms with Crippen LogP contribution in [0.3, 0.4) is 0 Å². The van der Waals surface area contributed by atoms with E-state index in [1.165, 1.54) is 11.8 Å². The second-order valence-corrected chi connectivity index (χ2v) is 6.03. The summed E-state index contributed by atoms with van der Waals surface area (Å²) in [5.74, 6) is 0.377. The monoisotopic (exact) mass is 346 g/mol. The average molecular weight is 346 g/mol. The lowest BCUT2D eigenvalue weighted by Crippen LogP contribution is -2.24. The second kappa shape index (κ2) is 8.25. The first kappa shape index (κ1) is 17.6. The fourth-order valence-corrected chi connectivity index (χ4v) is 2.67. The average Bonchev–Trinajstić information content (AvgIpc) is 2.68. The summed E-state index contributed by atoms with van der Waals surface area (Å²) in [6, 6.07) is 16.0. The molecule has 0 spiro atoms. The van der Waals surface area contributed by atoms with E-state index in [1.54, 1.807) is 6.20 Å². The number of nitrogens with zero attached hydrogens (tertiary/aromatic N) is 2. The van der Waals surface area contributed by atoms with Crippen molar-refractivity contribution in [1.29, 1.82) is 0 Å². The van der Waals surface area contributed by atoms with Gasteiger partial charge in [0.1, 0.15) is 11.5 Å². The Labute approximate surface area is 153 Å². The molecular formula is C21H22N4O. The van der Waals surface area contributed by atoms with Gasteiger partial charge in [0.15, 0.2) is 0 Å². The summed E-state index contributed by atoms with van der Waals surface area (Å²) in [6.07, 6.45) is 4.00. The Morgan fingerprint density at radius 3 is 2.38 bits per heavy atom. The highest BCUT2D eigenvalue weighted by Gasteiger charge is 2.09. The van der Waals surface area contributed by atoms with E-state index in [2.05, 4.69) is 33.6 Å². The van der Waals surface area contributed by atoms with Gasteiger partial charge in [0.05, 0.1) is 12.4 Å². The Bertz CT molecular complexity index is 891. The molecule has 0 saturated carbocycles. The molecule has 2 N–H and O–H groups in total. The van der Waals surface area contributed by atoms with Crippen LogP contribution in [-0.4, -0.2) is 15.9 Å². The second-order valence-electron chi connectivity index (χ2n) is 6.03. The highest BCUT2D eigenvalue weighted by atomic mass is 16.1. The molecule has 2 aromatic carbocycles. The SMILES string of the molecule is CCc1ccccc1Nc1cnc(C(=O)NCc2ccccc2C)cn1. The summed E-state index contributed by atoms with van der Waals surface area (Å²) in [4.78, 5) is 20.8. The Morgan fingerprint density at radius 1 is 0.962 bits per heavy atom. The van der Waals surface area contributed by atoms with Crippen LogP contribution in [0.15, 0.2) is 60.9 Å². The van der Waals surface area contributed by atoms with Crippen molar-refractivity contribution >= 4 is 17.4 Å². The van der Waals surface area contributed by atoms with Crippen LogP contribution in [0.5, 0.6) is 0 Å². The molecule has 1 aromatic heterocycles. The van der Waals surface area contributed by atoms with Gasteiger partial charge in [0, 0.05) is 12.2 Å². The van der Waals surface area contributed by atoms with Gasteiger partial charge in [0.25, 0.3) is 5.91 Å². The Balaban J connectivity index is 1.63. The first-order chi connectivity index (χ1) is 12.7. The Morgan fingerprint density at radius 2 is 1.69 bits per heavy atom. The van der Waals surface area contributed by atoms with Crippen LogP contribution < -0.4 is 10.6 Å². The van der Waals surface area contributed by atoms with Gasteiger partial charge in [-0.15, -0.1) is 0 Å². The van der Waals surface area contributed by atoms with Crippen LogP contribution in [-0.2, 0) is 13.0 Å². The van der Waals surface area contributed by atoms with Crippen molar-refractivity contribution in [2.45, 2.75) is 26.8 Å². The molecule has 5 heteroatoms. The number of hydrogen-bond acceptors (Lipinski definition) is 4. The number of benzene rings is 2. The molecule has 0 bridgehead atoms. The molecule has 0 saturated heterocycles. The zero-order valence-corrected chi connectivity index (χ0v) is 15.0. The van der Waals surface area contributed by atoms with Crippen molar-refractivity contribution in [1.82, 2.24) is 15.3 Å². The summed E-state index contributed by atoms with van der Waals surface area (Å²) in [6.45, 7) is 4.60. The van der Waals surface area contributed by atoms with Crippen LogP contribution >= 0.6 is 0 Å². The summed E-state index contributed by atoms with van der Waals surface area (Å²) < 4.78 is 0. The number of para-hydroxylation sites is 1. The van der Waals surface area contributed by atoms with Crippen LogP contribution in [0, 0.1) is 6.92 Å². The van der Waals surface area contributed by atoms with Crippen LogP contribution in [0.2, 0.25) is 0 Å². The van der Waals surface area contributed by atoms with Crippen molar-refractivity contribution < 1.29 is 4.79 Å². The molecule has 0 atom stereocenters. The lowest BCUT2D eigenvalue weighted by Gasteiger charge is -2.10. The maximum absolute atomic E-state index is 12.3. The third-order valence-electron chi connectivity index (χ3n) is 4.25. The smallest absolute Gasteiger partial charge is 0.271 e. The molecular weight excluding hydrogens is 324 g/mol. The number of carbonyl (C=O) groups is 1. The molecule has 5 nitrogen and oxygen atoms in total. The normalized spacial score (nSPS) is 10.4. The molecule has 0 aliphatic rings. The van der Waals surface area contributed by atoms with E-state index in [4.69, 9.17) is 0 Å². The standard InChI is InChI=1S/C21H22N4O/c1-3-16-9-6-7-11-18(16)25-20-14-22-19(13-23-20)21(26)24-12-17-10-5-4-8-15(17)2/h4-11,13-14H,3,12H2,1-2H3,(H,23,25)(H,24,26). The minimum Gasteiger partial charge on any atom is -0.347 e. The van der Waals surface area contributed by atoms with Crippen LogP contribution in [0.1, 0.15) is 34.1 Å². The minimum absolute atomic E-state index is 0.235. The molecule has 3 rings (SSSR count). The predicted octanol–water partition coefficient (Wildman–Crippen LogP) is 4.02. The predicted molar refractivity (Wildman–Crippen MR) is 103 cm³/mol. The number of nitrogens with one attached hydrogen (secondary N) is 2. The van der Waals surface area contributed by atoms with E-state index in [1.807, 2.05) is 49.4 Å². The zero-order valence-electron chi connectivity index (χ0n) is 15.0. The summed E-state index contributed by atoms with van der Waals surface area (Å²) in [7, 11) is 0.